The van der Waals surface area contributed by atoms with E-state index < -0.39 is 0 Å². The number of hydrogen-bond acceptors (Lipinski definition) is 4. The number of ether oxygens (including phenoxy) is 1. The highest BCUT2D eigenvalue weighted by Crippen LogP contribution is 2.09. The third-order valence-corrected chi connectivity index (χ3v) is 2.94. The van der Waals surface area contributed by atoms with Gasteiger partial charge < -0.3 is 10.1 Å². The number of aromatic nitrogens is 4. The predicted molar refractivity (Wildman–Crippen MR) is 80.5 cm³/mol. The Balaban J connectivity index is 1.59. The zero-order valence-electron chi connectivity index (χ0n) is 12.0. The normalized spacial score (nSPS) is 10.4. The van der Waals surface area contributed by atoms with Gasteiger partial charge in [0.15, 0.2) is 18.2 Å². The van der Waals surface area contributed by atoms with E-state index in [-0.39, 0.29) is 12.6 Å². The number of hydrogen-bond donors (Lipinski definition) is 1. The molecule has 7 heteroatoms. The first-order chi connectivity index (χ1) is 10.7. The second-order valence-electron chi connectivity index (χ2n) is 4.66. The van der Waals surface area contributed by atoms with Crippen LogP contribution in [0, 0.1) is 0 Å². The van der Waals surface area contributed by atoms with Crippen LogP contribution in [0.2, 0.25) is 0 Å². The topological polar surface area (TPSA) is 74.0 Å². The summed E-state index contributed by atoms with van der Waals surface area (Å²) in [5.41, 5.74) is 0.308. The molecule has 112 valence electrons. The zero-order chi connectivity index (χ0) is 15.4. The molecule has 0 unspecified atom stereocenters. The summed E-state index contributed by atoms with van der Waals surface area (Å²) < 4.78 is 8.73. The molecule has 1 amide bonds. The molecule has 0 saturated heterocycles. The quantitative estimate of drug-likeness (QED) is 0.780. The molecule has 0 atom stereocenters. The largest absolute Gasteiger partial charge is 0.471 e. The molecule has 3 aromatic rings. The van der Waals surface area contributed by atoms with Crippen molar-refractivity contribution in [1.29, 1.82) is 0 Å². The smallest absolute Gasteiger partial charge is 0.277 e. The van der Waals surface area contributed by atoms with Crippen LogP contribution in [0.5, 0.6) is 5.75 Å². The minimum Gasteiger partial charge on any atom is -0.471 e. The first-order valence-electron chi connectivity index (χ1n) is 6.73. The zero-order valence-corrected chi connectivity index (χ0v) is 12.0. The average molecular weight is 297 g/mol. The molecule has 3 rings (SSSR count). The summed E-state index contributed by atoms with van der Waals surface area (Å²) >= 11 is 0. The van der Waals surface area contributed by atoms with Gasteiger partial charge in [-0.1, -0.05) is 18.2 Å². The lowest BCUT2D eigenvalue weighted by Gasteiger charge is -2.05. The number of para-hydroxylation sites is 1. The molecule has 22 heavy (non-hydrogen) atoms. The van der Waals surface area contributed by atoms with Gasteiger partial charge in [0.05, 0.1) is 0 Å². The van der Waals surface area contributed by atoms with Crippen LogP contribution < -0.4 is 10.1 Å². The van der Waals surface area contributed by atoms with Crippen molar-refractivity contribution in [2.45, 2.75) is 6.73 Å². The van der Waals surface area contributed by atoms with Crippen molar-refractivity contribution in [3.05, 3.63) is 60.6 Å². The second-order valence-corrected chi connectivity index (χ2v) is 4.66. The van der Waals surface area contributed by atoms with Crippen LogP contribution in [0.1, 0.15) is 10.5 Å². The van der Waals surface area contributed by atoms with Gasteiger partial charge in [-0.25, -0.2) is 4.68 Å². The molecule has 0 aliphatic rings. The fraction of sp³-hybridized carbons (Fsp3) is 0.133. The van der Waals surface area contributed by atoms with E-state index in [1.165, 1.54) is 0 Å². The number of rotatable bonds is 5. The monoisotopic (exact) mass is 297 g/mol. The third-order valence-electron chi connectivity index (χ3n) is 2.94. The molecule has 0 aliphatic heterocycles. The van der Waals surface area contributed by atoms with Gasteiger partial charge in [-0.2, -0.15) is 10.2 Å². The van der Waals surface area contributed by atoms with Crippen molar-refractivity contribution in [2.75, 3.05) is 5.32 Å². The molecule has 7 nitrogen and oxygen atoms in total. The van der Waals surface area contributed by atoms with Gasteiger partial charge in [-0.3, -0.25) is 9.48 Å². The van der Waals surface area contributed by atoms with Crippen LogP contribution >= 0.6 is 0 Å². The molecular weight excluding hydrogens is 282 g/mol. The van der Waals surface area contributed by atoms with Crippen LogP contribution in [0.25, 0.3) is 0 Å². The van der Waals surface area contributed by atoms with E-state index in [1.807, 2.05) is 30.3 Å². The molecular formula is C15H15N5O2. The first-order valence-corrected chi connectivity index (χ1v) is 6.73. The second kappa shape index (κ2) is 6.13. The summed E-state index contributed by atoms with van der Waals surface area (Å²) in [6, 6.07) is 12.8. The Kier molecular flexibility index (Phi) is 3.86. The standard InChI is InChI=1S/C15H15N5O2/c1-19-9-8-14(18-19)16-15(21)13-7-10-20(17-13)11-22-12-5-3-2-4-6-12/h2-10H,11H2,1H3,(H,16,18,21). The predicted octanol–water partition coefficient (Wildman–Crippen LogP) is 1.91. The number of amides is 1. The van der Waals surface area contributed by atoms with Gasteiger partial charge in [-0.15, -0.1) is 0 Å². The van der Waals surface area contributed by atoms with E-state index in [0.29, 0.717) is 11.5 Å². The molecule has 0 spiro atoms. The van der Waals surface area contributed by atoms with Crippen molar-refractivity contribution in [3.8, 4) is 5.75 Å². The molecule has 2 aromatic heterocycles. The van der Waals surface area contributed by atoms with Crippen LogP contribution in [0.15, 0.2) is 54.9 Å². The van der Waals surface area contributed by atoms with Crippen LogP contribution in [0.4, 0.5) is 5.82 Å². The summed E-state index contributed by atoms with van der Waals surface area (Å²) in [7, 11) is 1.78. The van der Waals surface area contributed by atoms with Gasteiger partial charge in [0.25, 0.3) is 5.91 Å². The maximum absolute atomic E-state index is 12.0. The van der Waals surface area contributed by atoms with Crippen molar-refractivity contribution in [1.82, 2.24) is 19.6 Å². The van der Waals surface area contributed by atoms with E-state index in [2.05, 4.69) is 15.5 Å². The van der Waals surface area contributed by atoms with Gasteiger partial charge in [0.2, 0.25) is 0 Å². The number of anilines is 1. The van der Waals surface area contributed by atoms with E-state index in [4.69, 9.17) is 4.74 Å². The molecule has 1 N–H and O–H groups in total. The van der Waals surface area contributed by atoms with Crippen molar-refractivity contribution in [3.63, 3.8) is 0 Å². The molecule has 0 aliphatic carbocycles. The first kappa shape index (κ1) is 13.9. The lowest BCUT2D eigenvalue weighted by Crippen LogP contribution is -2.14. The summed E-state index contributed by atoms with van der Waals surface area (Å²) in [6.07, 6.45) is 3.44. The molecule has 0 fully saturated rings. The number of nitrogens with zero attached hydrogens (tertiary/aromatic N) is 4. The Morgan fingerprint density at radius 3 is 2.68 bits per heavy atom. The number of benzene rings is 1. The number of carbonyl (C=O) groups is 1. The Hall–Kier alpha value is -3.09. The lowest BCUT2D eigenvalue weighted by atomic mass is 10.3. The molecule has 0 radical (unpaired) electrons. The maximum Gasteiger partial charge on any atom is 0.277 e. The van der Waals surface area contributed by atoms with E-state index >= 15 is 0 Å². The molecule has 1 aromatic carbocycles. The number of carbonyl (C=O) groups excluding carboxylic acids is 1. The van der Waals surface area contributed by atoms with E-state index in [9.17, 15) is 4.79 Å². The Labute approximate surface area is 127 Å². The third kappa shape index (κ3) is 3.32. The van der Waals surface area contributed by atoms with Crippen LogP contribution in [-0.2, 0) is 13.8 Å². The highest BCUT2D eigenvalue weighted by molar-refractivity contribution is 6.02. The molecule has 2 heterocycles. The minimum atomic E-state index is -0.308. The number of aryl methyl sites for hydroxylation is 1. The van der Waals surface area contributed by atoms with Crippen LogP contribution in [-0.4, -0.2) is 25.5 Å². The average Bonchev–Trinajstić information content (AvgIpc) is 3.15. The summed E-state index contributed by atoms with van der Waals surface area (Å²) in [4.78, 5) is 12.0. The Morgan fingerprint density at radius 2 is 1.95 bits per heavy atom. The summed E-state index contributed by atoms with van der Waals surface area (Å²) in [5, 5.41) is 10.9. The van der Waals surface area contributed by atoms with Crippen molar-refractivity contribution >= 4 is 11.7 Å². The highest BCUT2D eigenvalue weighted by Gasteiger charge is 2.11. The SMILES string of the molecule is Cn1ccc(NC(=O)c2ccn(COc3ccccc3)n2)n1. The summed E-state index contributed by atoms with van der Waals surface area (Å²) in [5.74, 6) is 0.928. The summed E-state index contributed by atoms with van der Waals surface area (Å²) in [6.45, 7) is 0.237. The fourth-order valence-electron chi connectivity index (χ4n) is 1.87. The van der Waals surface area contributed by atoms with Gasteiger partial charge in [0, 0.05) is 25.5 Å². The van der Waals surface area contributed by atoms with Crippen molar-refractivity contribution in [2.24, 2.45) is 7.05 Å². The molecule has 0 bridgehead atoms. The highest BCUT2D eigenvalue weighted by atomic mass is 16.5. The lowest BCUT2D eigenvalue weighted by molar-refractivity contribution is 0.102. The maximum atomic E-state index is 12.0. The Morgan fingerprint density at radius 1 is 1.14 bits per heavy atom. The van der Waals surface area contributed by atoms with E-state index in [0.717, 1.165) is 5.75 Å². The van der Waals surface area contributed by atoms with Gasteiger partial charge >= 0.3 is 0 Å². The van der Waals surface area contributed by atoms with Gasteiger partial charge in [0.1, 0.15) is 5.75 Å². The van der Waals surface area contributed by atoms with Gasteiger partial charge in [-0.05, 0) is 18.2 Å². The Bertz CT molecular complexity index is 763. The minimum absolute atomic E-state index is 0.237. The van der Waals surface area contributed by atoms with Crippen LogP contribution in [0.3, 0.4) is 0 Å². The fourth-order valence-corrected chi connectivity index (χ4v) is 1.87. The molecule has 0 saturated carbocycles. The van der Waals surface area contributed by atoms with E-state index in [1.54, 1.807) is 40.9 Å². The van der Waals surface area contributed by atoms with Crippen molar-refractivity contribution < 1.29 is 9.53 Å². The number of nitrogens with one attached hydrogen (secondary N) is 1.